The SMILES string of the molecule is CCC(N)Cc1cnn(CCCCOC)c1. The molecule has 0 aliphatic rings. The highest BCUT2D eigenvalue weighted by atomic mass is 16.5. The van der Waals surface area contributed by atoms with Crippen LogP contribution in [0.25, 0.3) is 0 Å². The highest BCUT2D eigenvalue weighted by Gasteiger charge is 2.03. The van der Waals surface area contributed by atoms with E-state index >= 15 is 0 Å². The molecule has 0 aliphatic heterocycles. The molecule has 1 heterocycles. The van der Waals surface area contributed by atoms with Crippen molar-refractivity contribution in [3.05, 3.63) is 18.0 Å². The maximum absolute atomic E-state index is 5.90. The maximum Gasteiger partial charge on any atom is 0.0522 e. The summed E-state index contributed by atoms with van der Waals surface area (Å²) in [4.78, 5) is 0. The van der Waals surface area contributed by atoms with E-state index in [-0.39, 0.29) is 6.04 Å². The number of rotatable bonds is 8. The molecule has 16 heavy (non-hydrogen) atoms. The Labute approximate surface area is 97.8 Å². The van der Waals surface area contributed by atoms with Gasteiger partial charge in [-0.15, -0.1) is 0 Å². The molecule has 1 unspecified atom stereocenters. The molecule has 1 aromatic heterocycles. The molecule has 0 saturated carbocycles. The lowest BCUT2D eigenvalue weighted by molar-refractivity contribution is 0.191. The minimum Gasteiger partial charge on any atom is -0.385 e. The van der Waals surface area contributed by atoms with Crippen molar-refractivity contribution in [2.24, 2.45) is 5.73 Å². The number of aryl methyl sites for hydroxylation is 1. The first kappa shape index (κ1) is 13.2. The number of unbranched alkanes of at least 4 members (excludes halogenated alkanes) is 1. The Bertz CT molecular complexity index is 286. The highest BCUT2D eigenvalue weighted by Crippen LogP contribution is 2.04. The van der Waals surface area contributed by atoms with Gasteiger partial charge in [-0.05, 0) is 31.2 Å². The molecule has 4 nitrogen and oxygen atoms in total. The lowest BCUT2D eigenvalue weighted by atomic mass is 10.1. The van der Waals surface area contributed by atoms with Gasteiger partial charge in [0, 0.05) is 32.5 Å². The fourth-order valence-electron chi connectivity index (χ4n) is 1.60. The molecule has 1 rings (SSSR count). The van der Waals surface area contributed by atoms with Gasteiger partial charge in [-0.2, -0.15) is 5.10 Å². The van der Waals surface area contributed by atoms with Gasteiger partial charge in [0.05, 0.1) is 6.20 Å². The first-order chi connectivity index (χ1) is 7.76. The molecule has 0 radical (unpaired) electrons. The number of nitrogens with zero attached hydrogens (tertiary/aromatic N) is 2. The summed E-state index contributed by atoms with van der Waals surface area (Å²) in [6.45, 7) is 3.90. The van der Waals surface area contributed by atoms with Gasteiger partial charge in [-0.1, -0.05) is 6.92 Å². The Hall–Kier alpha value is -0.870. The quantitative estimate of drug-likeness (QED) is 0.684. The summed E-state index contributed by atoms with van der Waals surface area (Å²) in [6.07, 6.45) is 8.15. The van der Waals surface area contributed by atoms with Crippen LogP contribution >= 0.6 is 0 Å². The summed E-state index contributed by atoms with van der Waals surface area (Å²) in [7, 11) is 1.73. The van der Waals surface area contributed by atoms with Crippen molar-refractivity contribution in [1.82, 2.24) is 9.78 Å². The number of methoxy groups -OCH3 is 1. The summed E-state index contributed by atoms with van der Waals surface area (Å²) in [6, 6.07) is 0.256. The lowest BCUT2D eigenvalue weighted by Crippen LogP contribution is -2.21. The monoisotopic (exact) mass is 225 g/mol. The van der Waals surface area contributed by atoms with Crippen LogP contribution in [0.5, 0.6) is 0 Å². The van der Waals surface area contributed by atoms with E-state index in [9.17, 15) is 0 Å². The standard InChI is InChI=1S/C12H23N3O/c1-3-12(13)8-11-9-14-15(10-11)6-4-5-7-16-2/h9-10,12H,3-8,13H2,1-2H3. The van der Waals surface area contributed by atoms with E-state index in [0.717, 1.165) is 38.8 Å². The number of hydrogen-bond donors (Lipinski definition) is 1. The molecular formula is C12H23N3O. The molecule has 0 aliphatic carbocycles. The number of ether oxygens (including phenoxy) is 1. The smallest absolute Gasteiger partial charge is 0.0522 e. The van der Waals surface area contributed by atoms with Crippen LogP contribution in [0.1, 0.15) is 31.7 Å². The van der Waals surface area contributed by atoms with E-state index in [0.29, 0.717) is 0 Å². The van der Waals surface area contributed by atoms with Crippen LogP contribution in [-0.4, -0.2) is 29.5 Å². The van der Waals surface area contributed by atoms with Gasteiger partial charge in [0.2, 0.25) is 0 Å². The average Bonchev–Trinajstić information content (AvgIpc) is 2.72. The largest absolute Gasteiger partial charge is 0.385 e. The van der Waals surface area contributed by atoms with Gasteiger partial charge in [0.1, 0.15) is 0 Å². The predicted molar refractivity (Wildman–Crippen MR) is 65.3 cm³/mol. The first-order valence-electron chi connectivity index (χ1n) is 6.02. The van der Waals surface area contributed by atoms with Crippen LogP contribution in [0.4, 0.5) is 0 Å². The molecule has 4 heteroatoms. The van der Waals surface area contributed by atoms with Crippen LogP contribution in [0.3, 0.4) is 0 Å². The van der Waals surface area contributed by atoms with Crippen LogP contribution in [-0.2, 0) is 17.7 Å². The normalized spacial score (nSPS) is 12.9. The van der Waals surface area contributed by atoms with E-state index in [2.05, 4.69) is 18.2 Å². The molecule has 1 atom stereocenters. The van der Waals surface area contributed by atoms with Gasteiger partial charge >= 0.3 is 0 Å². The van der Waals surface area contributed by atoms with E-state index in [1.54, 1.807) is 7.11 Å². The van der Waals surface area contributed by atoms with E-state index in [1.807, 2.05) is 10.9 Å². The van der Waals surface area contributed by atoms with E-state index in [1.165, 1.54) is 5.56 Å². The Balaban J connectivity index is 2.28. The summed E-state index contributed by atoms with van der Waals surface area (Å²) >= 11 is 0. The summed E-state index contributed by atoms with van der Waals surface area (Å²) in [5, 5.41) is 4.32. The van der Waals surface area contributed by atoms with E-state index < -0.39 is 0 Å². The third kappa shape index (κ3) is 4.77. The van der Waals surface area contributed by atoms with Gasteiger partial charge < -0.3 is 10.5 Å². The Morgan fingerprint density at radius 3 is 3.00 bits per heavy atom. The molecule has 0 aromatic carbocycles. The first-order valence-corrected chi connectivity index (χ1v) is 6.02. The minimum absolute atomic E-state index is 0.256. The van der Waals surface area contributed by atoms with Crippen molar-refractivity contribution in [2.45, 2.75) is 45.2 Å². The molecule has 1 aromatic rings. The number of nitrogens with two attached hydrogens (primary N) is 1. The zero-order chi connectivity index (χ0) is 11.8. The van der Waals surface area contributed by atoms with Crippen LogP contribution in [0.15, 0.2) is 12.4 Å². The Kier molecular flexibility index (Phi) is 6.11. The summed E-state index contributed by atoms with van der Waals surface area (Å²) in [5.41, 5.74) is 7.14. The van der Waals surface area contributed by atoms with Crippen molar-refractivity contribution < 1.29 is 4.74 Å². The Morgan fingerprint density at radius 2 is 2.31 bits per heavy atom. The topological polar surface area (TPSA) is 53.1 Å². The third-order valence-electron chi connectivity index (χ3n) is 2.69. The zero-order valence-corrected chi connectivity index (χ0v) is 10.4. The van der Waals surface area contributed by atoms with Crippen molar-refractivity contribution in [3.8, 4) is 0 Å². The average molecular weight is 225 g/mol. The van der Waals surface area contributed by atoms with Crippen LogP contribution in [0, 0.1) is 0 Å². The molecular weight excluding hydrogens is 202 g/mol. The predicted octanol–water partition coefficient (Wildman–Crippen LogP) is 1.59. The fraction of sp³-hybridized carbons (Fsp3) is 0.750. The van der Waals surface area contributed by atoms with E-state index in [4.69, 9.17) is 10.5 Å². The Morgan fingerprint density at radius 1 is 1.50 bits per heavy atom. The molecule has 2 N–H and O–H groups in total. The molecule has 0 bridgehead atoms. The molecule has 0 spiro atoms. The number of aromatic nitrogens is 2. The van der Waals surface area contributed by atoms with Crippen molar-refractivity contribution in [3.63, 3.8) is 0 Å². The summed E-state index contributed by atoms with van der Waals surface area (Å²) < 4.78 is 7.00. The number of hydrogen-bond acceptors (Lipinski definition) is 3. The second-order valence-electron chi connectivity index (χ2n) is 4.18. The fourth-order valence-corrected chi connectivity index (χ4v) is 1.60. The molecule has 0 fully saturated rings. The third-order valence-corrected chi connectivity index (χ3v) is 2.69. The molecule has 92 valence electrons. The highest BCUT2D eigenvalue weighted by molar-refractivity contribution is 5.05. The second-order valence-corrected chi connectivity index (χ2v) is 4.18. The van der Waals surface area contributed by atoms with Gasteiger partial charge in [-0.3, -0.25) is 4.68 Å². The molecule has 0 saturated heterocycles. The van der Waals surface area contributed by atoms with Crippen LogP contribution < -0.4 is 5.73 Å². The van der Waals surface area contributed by atoms with Crippen molar-refractivity contribution >= 4 is 0 Å². The maximum atomic E-state index is 5.90. The van der Waals surface area contributed by atoms with Gasteiger partial charge in [-0.25, -0.2) is 0 Å². The van der Waals surface area contributed by atoms with Crippen LogP contribution in [0.2, 0.25) is 0 Å². The zero-order valence-electron chi connectivity index (χ0n) is 10.4. The van der Waals surface area contributed by atoms with Crippen molar-refractivity contribution in [2.75, 3.05) is 13.7 Å². The summed E-state index contributed by atoms with van der Waals surface area (Å²) in [5.74, 6) is 0. The minimum atomic E-state index is 0.256. The van der Waals surface area contributed by atoms with Gasteiger partial charge in [0.15, 0.2) is 0 Å². The molecule has 0 amide bonds. The lowest BCUT2D eigenvalue weighted by Gasteiger charge is -2.05. The van der Waals surface area contributed by atoms with Gasteiger partial charge in [0.25, 0.3) is 0 Å². The second kappa shape index (κ2) is 7.41. The van der Waals surface area contributed by atoms with Crippen molar-refractivity contribution in [1.29, 1.82) is 0 Å².